The standard InChI is InChI=1S/C13H17N3/c1-8(2)11-7-15-13(16-11)10-6-4-5-9(3)12(10)14/h4-8H,14H2,1-3H3,(H,15,16). The summed E-state index contributed by atoms with van der Waals surface area (Å²) in [5.41, 5.74) is 10.0. The molecule has 0 fully saturated rings. The summed E-state index contributed by atoms with van der Waals surface area (Å²) in [6.45, 7) is 6.28. The number of hydrogen-bond acceptors (Lipinski definition) is 2. The van der Waals surface area contributed by atoms with Gasteiger partial charge in [-0.05, 0) is 24.5 Å². The van der Waals surface area contributed by atoms with E-state index >= 15 is 0 Å². The molecule has 0 amide bonds. The first-order valence-corrected chi connectivity index (χ1v) is 5.50. The minimum Gasteiger partial charge on any atom is -0.398 e. The molecule has 1 aromatic heterocycles. The van der Waals surface area contributed by atoms with E-state index in [1.165, 1.54) is 0 Å². The topological polar surface area (TPSA) is 54.7 Å². The number of para-hydroxylation sites is 1. The molecule has 0 bridgehead atoms. The lowest BCUT2D eigenvalue weighted by atomic mass is 10.1. The second kappa shape index (κ2) is 4.00. The van der Waals surface area contributed by atoms with Gasteiger partial charge in [0.1, 0.15) is 5.82 Å². The molecule has 0 aliphatic heterocycles. The van der Waals surface area contributed by atoms with Gasteiger partial charge in [-0.3, -0.25) is 0 Å². The van der Waals surface area contributed by atoms with Crippen molar-refractivity contribution in [3.8, 4) is 11.4 Å². The van der Waals surface area contributed by atoms with Crippen LogP contribution in [-0.4, -0.2) is 9.97 Å². The zero-order valence-electron chi connectivity index (χ0n) is 9.91. The third kappa shape index (κ3) is 1.81. The van der Waals surface area contributed by atoms with Crippen molar-refractivity contribution in [3.63, 3.8) is 0 Å². The summed E-state index contributed by atoms with van der Waals surface area (Å²) in [5, 5.41) is 0. The molecule has 1 aromatic carbocycles. The molecule has 16 heavy (non-hydrogen) atoms. The summed E-state index contributed by atoms with van der Waals surface area (Å²) in [5.74, 6) is 1.30. The van der Waals surface area contributed by atoms with Crippen molar-refractivity contribution in [3.05, 3.63) is 35.7 Å². The third-order valence-electron chi connectivity index (χ3n) is 2.80. The summed E-state index contributed by atoms with van der Waals surface area (Å²) in [7, 11) is 0. The van der Waals surface area contributed by atoms with Crippen molar-refractivity contribution in [1.82, 2.24) is 9.97 Å². The highest BCUT2D eigenvalue weighted by molar-refractivity contribution is 5.74. The summed E-state index contributed by atoms with van der Waals surface area (Å²) >= 11 is 0. The molecule has 0 saturated carbocycles. The molecular weight excluding hydrogens is 198 g/mol. The Morgan fingerprint density at radius 2 is 2.06 bits per heavy atom. The maximum Gasteiger partial charge on any atom is 0.139 e. The normalized spacial score (nSPS) is 11.0. The molecule has 0 unspecified atom stereocenters. The zero-order valence-corrected chi connectivity index (χ0v) is 9.91. The number of imidazole rings is 1. The first-order valence-electron chi connectivity index (χ1n) is 5.50. The van der Waals surface area contributed by atoms with E-state index in [1.54, 1.807) is 0 Å². The molecule has 3 N–H and O–H groups in total. The highest BCUT2D eigenvalue weighted by Gasteiger charge is 2.09. The molecule has 0 radical (unpaired) electrons. The van der Waals surface area contributed by atoms with Gasteiger partial charge in [-0.1, -0.05) is 26.0 Å². The number of nitrogens with one attached hydrogen (secondary N) is 1. The fraction of sp³-hybridized carbons (Fsp3) is 0.308. The van der Waals surface area contributed by atoms with Gasteiger partial charge in [0.05, 0.1) is 0 Å². The predicted octanol–water partition coefficient (Wildman–Crippen LogP) is 3.09. The van der Waals surface area contributed by atoms with Gasteiger partial charge < -0.3 is 10.7 Å². The SMILES string of the molecule is Cc1cccc(-c2ncc(C(C)C)[nH]2)c1N. The van der Waals surface area contributed by atoms with Gasteiger partial charge in [0, 0.05) is 23.1 Å². The van der Waals surface area contributed by atoms with Crippen LogP contribution >= 0.6 is 0 Å². The van der Waals surface area contributed by atoms with Gasteiger partial charge in [0.2, 0.25) is 0 Å². The Morgan fingerprint density at radius 3 is 2.69 bits per heavy atom. The Morgan fingerprint density at radius 1 is 1.31 bits per heavy atom. The Bertz CT molecular complexity index is 498. The average Bonchev–Trinajstić information content (AvgIpc) is 2.71. The van der Waals surface area contributed by atoms with Crippen LogP contribution in [0.4, 0.5) is 5.69 Å². The van der Waals surface area contributed by atoms with E-state index in [4.69, 9.17) is 5.73 Å². The Balaban J connectivity index is 2.47. The van der Waals surface area contributed by atoms with E-state index in [2.05, 4.69) is 23.8 Å². The van der Waals surface area contributed by atoms with Gasteiger partial charge in [-0.2, -0.15) is 0 Å². The first-order chi connectivity index (χ1) is 7.59. The smallest absolute Gasteiger partial charge is 0.139 e. The van der Waals surface area contributed by atoms with Crippen molar-refractivity contribution < 1.29 is 0 Å². The molecule has 2 aromatic rings. The molecule has 0 aliphatic carbocycles. The Hall–Kier alpha value is -1.77. The summed E-state index contributed by atoms with van der Waals surface area (Å²) in [6.07, 6.45) is 1.88. The summed E-state index contributed by atoms with van der Waals surface area (Å²) in [6, 6.07) is 6.00. The molecule has 2 rings (SSSR count). The van der Waals surface area contributed by atoms with Crippen LogP contribution in [0.1, 0.15) is 31.0 Å². The number of aromatic nitrogens is 2. The quantitative estimate of drug-likeness (QED) is 0.756. The van der Waals surface area contributed by atoms with E-state index in [0.29, 0.717) is 5.92 Å². The average molecular weight is 215 g/mol. The number of anilines is 1. The number of nitrogens with zero attached hydrogens (tertiary/aromatic N) is 1. The van der Waals surface area contributed by atoms with Crippen molar-refractivity contribution in [2.45, 2.75) is 26.7 Å². The van der Waals surface area contributed by atoms with Gasteiger partial charge in [-0.15, -0.1) is 0 Å². The fourth-order valence-corrected chi connectivity index (χ4v) is 1.65. The van der Waals surface area contributed by atoms with Crippen LogP contribution in [0, 0.1) is 6.92 Å². The van der Waals surface area contributed by atoms with Crippen LogP contribution < -0.4 is 5.73 Å². The van der Waals surface area contributed by atoms with Crippen molar-refractivity contribution in [2.24, 2.45) is 0 Å². The van der Waals surface area contributed by atoms with Crippen LogP contribution in [0.2, 0.25) is 0 Å². The number of nitrogens with two attached hydrogens (primary N) is 1. The largest absolute Gasteiger partial charge is 0.398 e. The minimum absolute atomic E-state index is 0.451. The molecular formula is C13H17N3. The number of aromatic amines is 1. The lowest BCUT2D eigenvalue weighted by molar-refractivity contribution is 0.833. The van der Waals surface area contributed by atoms with E-state index in [-0.39, 0.29) is 0 Å². The van der Waals surface area contributed by atoms with Crippen molar-refractivity contribution in [2.75, 3.05) is 5.73 Å². The molecule has 3 nitrogen and oxygen atoms in total. The van der Waals surface area contributed by atoms with Crippen LogP contribution in [0.25, 0.3) is 11.4 Å². The number of hydrogen-bond donors (Lipinski definition) is 2. The van der Waals surface area contributed by atoms with Crippen LogP contribution in [0.3, 0.4) is 0 Å². The molecule has 84 valence electrons. The summed E-state index contributed by atoms with van der Waals surface area (Å²) in [4.78, 5) is 7.68. The zero-order chi connectivity index (χ0) is 11.7. The van der Waals surface area contributed by atoms with Crippen LogP contribution in [0.5, 0.6) is 0 Å². The molecule has 0 atom stereocenters. The highest BCUT2D eigenvalue weighted by Crippen LogP contribution is 2.26. The van der Waals surface area contributed by atoms with Gasteiger partial charge in [-0.25, -0.2) is 4.98 Å². The lowest BCUT2D eigenvalue weighted by Gasteiger charge is -2.05. The number of aryl methyl sites for hydroxylation is 1. The first kappa shape index (κ1) is 10.7. The molecule has 0 spiro atoms. The second-order valence-electron chi connectivity index (χ2n) is 4.38. The predicted molar refractivity (Wildman–Crippen MR) is 67.3 cm³/mol. The maximum absolute atomic E-state index is 6.04. The minimum atomic E-state index is 0.451. The second-order valence-corrected chi connectivity index (χ2v) is 4.38. The molecule has 1 heterocycles. The van der Waals surface area contributed by atoms with Gasteiger partial charge in [0.15, 0.2) is 0 Å². The number of rotatable bonds is 2. The van der Waals surface area contributed by atoms with Crippen LogP contribution in [-0.2, 0) is 0 Å². The van der Waals surface area contributed by atoms with E-state index in [9.17, 15) is 0 Å². The number of nitrogen functional groups attached to an aromatic ring is 1. The number of H-pyrrole nitrogens is 1. The van der Waals surface area contributed by atoms with E-state index in [0.717, 1.165) is 28.3 Å². The van der Waals surface area contributed by atoms with E-state index < -0.39 is 0 Å². The van der Waals surface area contributed by atoms with Gasteiger partial charge >= 0.3 is 0 Å². The third-order valence-corrected chi connectivity index (χ3v) is 2.80. The highest BCUT2D eigenvalue weighted by atomic mass is 14.9. The van der Waals surface area contributed by atoms with Crippen molar-refractivity contribution in [1.29, 1.82) is 0 Å². The molecule has 3 heteroatoms. The van der Waals surface area contributed by atoms with Crippen LogP contribution in [0.15, 0.2) is 24.4 Å². The molecule has 0 saturated heterocycles. The lowest BCUT2D eigenvalue weighted by Crippen LogP contribution is -1.94. The monoisotopic (exact) mass is 215 g/mol. The van der Waals surface area contributed by atoms with E-state index in [1.807, 2.05) is 31.3 Å². The maximum atomic E-state index is 6.04. The Kier molecular flexibility index (Phi) is 2.69. The summed E-state index contributed by atoms with van der Waals surface area (Å²) < 4.78 is 0. The Labute approximate surface area is 95.7 Å². The van der Waals surface area contributed by atoms with Crippen molar-refractivity contribution >= 4 is 5.69 Å². The molecule has 0 aliphatic rings. The van der Waals surface area contributed by atoms with Gasteiger partial charge in [0.25, 0.3) is 0 Å². The number of benzene rings is 1. The fourth-order valence-electron chi connectivity index (χ4n) is 1.65.